The highest BCUT2D eigenvalue weighted by molar-refractivity contribution is 7.17. The second-order valence-electron chi connectivity index (χ2n) is 7.54. The van der Waals surface area contributed by atoms with Crippen molar-refractivity contribution in [2.75, 3.05) is 18.4 Å². The van der Waals surface area contributed by atoms with Crippen LogP contribution >= 0.6 is 11.3 Å². The van der Waals surface area contributed by atoms with Gasteiger partial charge in [0.05, 0.1) is 4.88 Å². The molecule has 4 heterocycles. The first-order chi connectivity index (χ1) is 13.0. The van der Waals surface area contributed by atoms with Gasteiger partial charge in [0.1, 0.15) is 0 Å². The Labute approximate surface area is 163 Å². The van der Waals surface area contributed by atoms with Gasteiger partial charge in [0, 0.05) is 29.6 Å². The molecule has 2 bridgehead atoms. The molecule has 0 radical (unpaired) electrons. The highest BCUT2D eigenvalue weighted by Crippen LogP contribution is 2.33. The fourth-order valence-electron chi connectivity index (χ4n) is 4.34. The zero-order valence-corrected chi connectivity index (χ0v) is 16.5. The molecule has 2 atom stereocenters. The van der Waals surface area contributed by atoms with Gasteiger partial charge in [-0.05, 0) is 68.6 Å². The molecule has 0 spiro atoms. The molecular weight excluding hydrogens is 358 g/mol. The fraction of sp³-hybridized carbons (Fsp3) is 0.429. The molecule has 2 aromatic rings. The zero-order chi connectivity index (χ0) is 19.0. The normalized spacial score (nSPS) is 26.6. The Kier molecular flexibility index (Phi) is 5.02. The molecular formula is C21H25N3O2S. The van der Waals surface area contributed by atoms with E-state index in [0.29, 0.717) is 12.0 Å². The quantitative estimate of drug-likeness (QED) is 0.848. The first-order valence-corrected chi connectivity index (χ1v) is 10.4. The van der Waals surface area contributed by atoms with Gasteiger partial charge in [-0.15, -0.1) is 11.3 Å². The number of piperidine rings is 3. The van der Waals surface area contributed by atoms with Gasteiger partial charge in [0.15, 0.2) is 0 Å². The minimum Gasteiger partial charge on any atom is -0.347 e. The van der Waals surface area contributed by atoms with Crippen LogP contribution in [0.5, 0.6) is 0 Å². The van der Waals surface area contributed by atoms with Gasteiger partial charge in [0.2, 0.25) is 5.91 Å². The average molecular weight is 384 g/mol. The van der Waals surface area contributed by atoms with Crippen molar-refractivity contribution in [1.29, 1.82) is 0 Å². The monoisotopic (exact) mass is 383 g/mol. The van der Waals surface area contributed by atoms with Crippen LogP contribution in [0.4, 0.5) is 5.69 Å². The van der Waals surface area contributed by atoms with Gasteiger partial charge >= 0.3 is 0 Å². The summed E-state index contributed by atoms with van der Waals surface area (Å²) in [6, 6.07) is 12.2. The van der Waals surface area contributed by atoms with Crippen LogP contribution in [0.25, 0.3) is 10.4 Å². The third-order valence-corrected chi connectivity index (χ3v) is 6.91. The van der Waals surface area contributed by atoms with Gasteiger partial charge in [-0.3, -0.25) is 14.5 Å². The van der Waals surface area contributed by atoms with E-state index >= 15 is 0 Å². The lowest BCUT2D eigenvalue weighted by molar-refractivity contribution is -0.114. The topological polar surface area (TPSA) is 61.4 Å². The SMILES string of the molecule is CC(=O)Nc1cccc(-c2ccc(C(=O)N[C@@H]3C4CCN(CC4)[C@@H]3C)s2)c1. The summed E-state index contributed by atoms with van der Waals surface area (Å²) >= 11 is 1.49. The van der Waals surface area contributed by atoms with Crippen LogP contribution in [-0.4, -0.2) is 41.9 Å². The van der Waals surface area contributed by atoms with E-state index in [1.807, 2.05) is 36.4 Å². The number of fused-ring (bicyclic) bond motifs is 3. The van der Waals surface area contributed by atoms with Gasteiger partial charge in [-0.25, -0.2) is 0 Å². The molecule has 3 aliphatic rings. The summed E-state index contributed by atoms with van der Waals surface area (Å²) < 4.78 is 0. The number of rotatable bonds is 4. The second kappa shape index (κ2) is 7.44. The second-order valence-corrected chi connectivity index (χ2v) is 8.62. The molecule has 1 aromatic heterocycles. The van der Waals surface area contributed by atoms with E-state index in [1.165, 1.54) is 31.1 Å². The molecule has 1 aromatic carbocycles. The van der Waals surface area contributed by atoms with Crippen LogP contribution in [-0.2, 0) is 4.79 Å². The Bertz CT molecular complexity index is 853. The highest BCUT2D eigenvalue weighted by Gasteiger charge is 2.40. The molecule has 6 heteroatoms. The summed E-state index contributed by atoms with van der Waals surface area (Å²) in [6.07, 6.45) is 2.36. The van der Waals surface area contributed by atoms with Gasteiger partial charge in [-0.1, -0.05) is 12.1 Å². The molecule has 2 amide bonds. The maximum absolute atomic E-state index is 12.8. The number of amides is 2. The van der Waals surface area contributed by atoms with Crippen molar-refractivity contribution < 1.29 is 9.59 Å². The molecule has 0 saturated carbocycles. The number of hydrogen-bond donors (Lipinski definition) is 2. The van der Waals surface area contributed by atoms with E-state index in [4.69, 9.17) is 0 Å². The largest absolute Gasteiger partial charge is 0.347 e. The number of nitrogens with one attached hydrogen (secondary N) is 2. The molecule has 27 heavy (non-hydrogen) atoms. The number of anilines is 1. The molecule has 142 valence electrons. The summed E-state index contributed by atoms with van der Waals surface area (Å²) in [5, 5.41) is 6.09. The van der Waals surface area contributed by atoms with E-state index < -0.39 is 0 Å². The molecule has 0 aliphatic carbocycles. The van der Waals surface area contributed by atoms with E-state index in [2.05, 4.69) is 22.5 Å². The van der Waals surface area contributed by atoms with Crippen molar-refractivity contribution in [2.45, 2.75) is 38.8 Å². The lowest BCUT2D eigenvalue weighted by Gasteiger charge is -2.49. The first kappa shape index (κ1) is 18.2. The maximum atomic E-state index is 12.8. The summed E-state index contributed by atoms with van der Waals surface area (Å²) in [5.41, 5.74) is 1.77. The van der Waals surface area contributed by atoms with Crippen LogP contribution in [0.15, 0.2) is 36.4 Å². The number of hydrogen-bond acceptors (Lipinski definition) is 4. The fourth-order valence-corrected chi connectivity index (χ4v) is 5.24. The molecule has 3 aliphatic heterocycles. The number of thiophene rings is 1. The summed E-state index contributed by atoms with van der Waals surface area (Å²) in [6.45, 7) is 6.04. The van der Waals surface area contributed by atoms with Crippen molar-refractivity contribution in [1.82, 2.24) is 10.2 Å². The summed E-state index contributed by atoms with van der Waals surface area (Å²) in [7, 11) is 0. The third kappa shape index (κ3) is 3.77. The molecule has 2 N–H and O–H groups in total. The van der Waals surface area contributed by atoms with Gasteiger partial charge in [0.25, 0.3) is 5.91 Å². The van der Waals surface area contributed by atoms with Crippen molar-refractivity contribution >= 4 is 28.8 Å². The molecule has 5 nitrogen and oxygen atoms in total. The van der Waals surface area contributed by atoms with Crippen LogP contribution < -0.4 is 10.6 Å². The van der Waals surface area contributed by atoms with E-state index in [9.17, 15) is 9.59 Å². The molecule has 0 unspecified atom stereocenters. The maximum Gasteiger partial charge on any atom is 0.261 e. The van der Waals surface area contributed by atoms with Crippen LogP contribution in [0, 0.1) is 5.92 Å². The Balaban J connectivity index is 1.48. The zero-order valence-electron chi connectivity index (χ0n) is 15.7. The lowest BCUT2D eigenvalue weighted by Crippen LogP contribution is -2.62. The number of carbonyl (C=O) groups is 2. The Morgan fingerprint density at radius 2 is 1.93 bits per heavy atom. The van der Waals surface area contributed by atoms with Crippen LogP contribution in [0.1, 0.15) is 36.4 Å². The standard InChI is InChI=1S/C21H25N3O2S/c1-13-20(15-8-10-24(13)11-9-15)23-21(26)19-7-6-18(27-19)16-4-3-5-17(12-16)22-14(2)25/h3-7,12-13,15,20H,8-11H2,1-2H3,(H,22,25)(H,23,26)/t13-,20+/m1/s1. The minimum absolute atomic E-state index is 0.0230. The van der Waals surface area contributed by atoms with Gasteiger partial charge in [-0.2, -0.15) is 0 Å². The minimum atomic E-state index is -0.0926. The van der Waals surface area contributed by atoms with Crippen molar-refractivity contribution in [2.24, 2.45) is 5.92 Å². The van der Waals surface area contributed by atoms with Crippen molar-refractivity contribution in [3.05, 3.63) is 41.3 Å². The summed E-state index contributed by atoms with van der Waals surface area (Å²) in [4.78, 5) is 28.3. The number of benzene rings is 1. The van der Waals surface area contributed by atoms with Crippen molar-refractivity contribution in [3.8, 4) is 10.4 Å². The Morgan fingerprint density at radius 3 is 2.63 bits per heavy atom. The molecule has 3 saturated heterocycles. The first-order valence-electron chi connectivity index (χ1n) is 9.54. The van der Waals surface area contributed by atoms with E-state index in [0.717, 1.165) is 34.1 Å². The van der Waals surface area contributed by atoms with E-state index in [1.54, 1.807) is 0 Å². The van der Waals surface area contributed by atoms with Crippen LogP contribution in [0.3, 0.4) is 0 Å². The molecule has 3 fully saturated rings. The Morgan fingerprint density at radius 1 is 1.15 bits per heavy atom. The lowest BCUT2D eigenvalue weighted by atomic mass is 9.79. The number of nitrogens with zero attached hydrogens (tertiary/aromatic N) is 1. The predicted octanol–water partition coefficient (Wildman–Crippen LogP) is 3.59. The predicted molar refractivity (Wildman–Crippen MR) is 109 cm³/mol. The average Bonchev–Trinajstić information content (AvgIpc) is 3.15. The Hall–Kier alpha value is -2.18. The smallest absolute Gasteiger partial charge is 0.261 e. The third-order valence-electron chi connectivity index (χ3n) is 5.77. The van der Waals surface area contributed by atoms with Gasteiger partial charge < -0.3 is 10.6 Å². The molecule has 5 rings (SSSR count). The summed E-state index contributed by atoms with van der Waals surface area (Å²) in [5.74, 6) is 0.530. The number of carbonyl (C=O) groups excluding carboxylic acids is 2. The van der Waals surface area contributed by atoms with Crippen LogP contribution in [0.2, 0.25) is 0 Å². The van der Waals surface area contributed by atoms with Crippen molar-refractivity contribution in [3.63, 3.8) is 0 Å². The highest BCUT2D eigenvalue weighted by atomic mass is 32.1. The van der Waals surface area contributed by atoms with E-state index in [-0.39, 0.29) is 17.9 Å².